The molecule has 1 saturated carbocycles. The third kappa shape index (κ3) is 4.93. The number of nitrogens with one attached hydrogen (secondary N) is 3. The zero-order valence-electron chi connectivity index (χ0n) is 16.4. The molecule has 0 atom stereocenters. The lowest BCUT2D eigenvalue weighted by molar-refractivity contribution is 0.371. The molecule has 3 aromatic rings. The Labute approximate surface area is 180 Å². The Morgan fingerprint density at radius 1 is 1.13 bits per heavy atom. The minimum atomic E-state index is -2.69. The second kappa shape index (κ2) is 8.52. The highest BCUT2D eigenvalue weighted by Crippen LogP contribution is 2.32. The first-order valence-electron chi connectivity index (χ1n) is 9.70. The van der Waals surface area contributed by atoms with E-state index in [0.717, 1.165) is 31.1 Å². The fourth-order valence-corrected chi connectivity index (χ4v) is 4.90. The molecule has 0 spiro atoms. The van der Waals surface area contributed by atoms with Crippen LogP contribution >= 0.6 is 22.4 Å². The number of halogens is 1. The number of aromatic nitrogens is 3. The van der Waals surface area contributed by atoms with Crippen LogP contribution in [0.15, 0.2) is 41.3 Å². The summed E-state index contributed by atoms with van der Waals surface area (Å²) < 4.78 is 22.0. The van der Waals surface area contributed by atoms with Gasteiger partial charge in [0.2, 0.25) is 5.95 Å². The molecule has 4 rings (SSSR count). The minimum absolute atomic E-state index is 0.0927. The van der Waals surface area contributed by atoms with Gasteiger partial charge in [-0.25, -0.2) is 9.71 Å². The van der Waals surface area contributed by atoms with Crippen LogP contribution in [0.3, 0.4) is 0 Å². The number of rotatable bonds is 5. The van der Waals surface area contributed by atoms with Crippen LogP contribution < -0.4 is 15.6 Å². The van der Waals surface area contributed by atoms with Crippen molar-refractivity contribution in [2.24, 2.45) is 0 Å². The van der Waals surface area contributed by atoms with E-state index >= 15 is 0 Å². The van der Waals surface area contributed by atoms with Gasteiger partial charge in [0.05, 0.1) is 0 Å². The quantitative estimate of drug-likeness (QED) is 0.394. The molecular weight excluding hydrogens is 426 g/mol. The van der Waals surface area contributed by atoms with E-state index in [0.29, 0.717) is 27.7 Å². The van der Waals surface area contributed by atoms with E-state index in [-0.39, 0.29) is 17.6 Å². The van der Waals surface area contributed by atoms with E-state index < -0.39 is 10.8 Å². The molecule has 0 radical (unpaired) electrons. The summed E-state index contributed by atoms with van der Waals surface area (Å²) in [6.45, 7) is 0. The van der Waals surface area contributed by atoms with E-state index in [9.17, 15) is 13.9 Å². The fraction of sp³-hybridized carbons (Fsp3) is 0.350. The van der Waals surface area contributed by atoms with Crippen LogP contribution in [0.2, 0.25) is 5.02 Å². The highest BCUT2D eigenvalue weighted by Gasteiger charge is 2.24. The third-order valence-electron chi connectivity index (χ3n) is 5.21. The van der Waals surface area contributed by atoms with E-state index in [1.807, 2.05) is 12.1 Å². The molecule has 5 N–H and O–H groups in total. The summed E-state index contributed by atoms with van der Waals surface area (Å²) in [7, 11) is -2.69. The van der Waals surface area contributed by atoms with Gasteiger partial charge in [0.15, 0.2) is 0 Å². The lowest BCUT2D eigenvalue weighted by Crippen LogP contribution is -2.38. The Morgan fingerprint density at radius 3 is 2.53 bits per heavy atom. The molecule has 0 aliphatic heterocycles. The lowest BCUT2D eigenvalue weighted by Gasteiger charge is -2.36. The maximum Gasteiger partial charge on any atom is 0.257 e. The lowest BCUT2D eigenvalue weighted by atomic mass is 9.92. The van der Waals surface area contributed by atoms with Crippen LogP contribution in [0.25, 0.3) is 22.2 Å². The predicted molar refractivity (Wildman–Crippen MR) is 122 cm³/mol. The third-order valence-corrected chi connectivity index (χ3v) is 6.32. The maximum atomic E-state index is 12.6. The predicted octanol–water partition coefficient (Wildman–Crippen LogP) is 4.25. The number of nitrogens with zero attached hydrogens (tertiary/aromatic N) is 2. The number of H-pyrrole nitrogens is 1. The van der Waals surface area contributed by atoms with Gasteiger partial charge in [0.1, 0.15) is 5.65 Å². The van der Waals surface area contributed by atoms with Gasteiger partial charge < -0.3 is 10.3 Å². The van der Waals surface area contributed by atoms with Gasteiger partial charge >= 0.3 is 0 Å². The van der Waals surface area contributed by atoms with Gasteiger partial charge in [-0.2, -0.15) is 4.98 Å². The average molecular weight is 450 g/mol. The van der Waals surface area contributed by atoms with Gasteiger partial charge in [0.25, 0.3) is 5.56 Å². The summed E-state index contributed by atoms with van der Waals surface area (Å²) in [5.74, 6) is 0.458. The number of hydrogen-bond donors (Lipinski definition) is 5. The van der Waals surface area contributed by atoms with Crippen molar-refractivity contribution in [1.29, 1.82) is 0 Å². The largest absolute Gasteiger partial charge is 0.351 e. The monoisotopic (exact) mass is 449 g/mol. The van der Waals surface area contributed by atoms with Crippen LogP contribution in [-0.4, -0.2) is 42.4 Å². The highest BCUT2D eigenvalue weighted by atomic mass is 35.5. The minimum Gasteiger partial charge on any atom is -0.351 e. The molecule has 0 bridgehead atoms. The maximum absolute atomic E-state index is 12.6. The normalized spacial score (nSPS) is 20.3. The molecule has 1 aromatic carbocycles. The molecule has 1 fully saturated rings. The zero-order valence-corrected chi connectivity index (χ0v) is 18.0. The Hall–Kier alpha value is -2.17. The molecule has 2 aromatic heterocycles. The molecule has 0 saturated heterocycles. The molecule has 10 heteroatoms. The number of pyridine rings is 1. The van der Waals surface area contributed by atoms with E-state index in [1.165, 1.54) is 6.26 Å². The van der Waals surface area contributed by atoms with Crippen molar-refractivity contribution in [3.63, 3.8) is 0 Å². The van der Waals surface area contributed by atoms with Crippen molar-refractivity contribution in [1.82, 2.24) is 19.7 Å². The molecule has 2 heterocycles. The number of fused-ring (bicyclic) bond motifs is 1. The number of hydrogen-bond acceptors (Lipinski definition) is 7. The topological polar surface area (TPSA) is 123 Å². The number of benzene rings is 1. The smallest absolute Gasteiger partial charge is 0.257 e. The van der Waals surface area contributed by atoms with Crippen molar-refractivity contribution < 1.29 is 9.11 Å². The molecule has 160 valence electrons. The fourth-order valence-electron chi connectivity index (χ4n) is 3.80. The van der Waals surface area contributed by atoms with Crippen molar-refractivity contribution in [3.8, 4) is 11.1 Å². The molecule has 8 nitrogen and oxygen atoms in total. The number of aromatic amines is 1. The Morgan fingerprint density at radius 2 is 1.83 bits per heavy atom. The second-order valence-electron chi connectivity index (χ2n) is 7.63. The van der Waals surface area contributed by atoms with Gasteiger partial charge in [-0.3, -0.25) is 13.9 Å². The van der Waals surface area contributed by atoms with Gasteiger partial charge in [0, 0.05) is 46.1 Å². The van der Waals surface area contributed by atoms with E-state index in [4.69, 9.17) is 11.6 Å². The van der Waals surface area contributed by atoms with Gasteiger partial charge in [-0.1, -0.05) is 29.8 Å². The molecule has 0 amide bonds. The molecule has 1 aliphatic carbocycles. The standard InChI is InChI=1S/C20H24ClN5O3S/c1-30(28,29)26-14-8-6-13(7-9-14)23-20-22-11-12-10-16(19(27)24-18(12)25-20)15-4-2-3-5-17(15)21/h2-5,10-11,13-14,26,28-29H,6-9H2,1H3,(H2,22,23,24,25,27). The summed E-state index contributed by atoms with van der Waals surface area (Å²) in [5.41, 5.74) is 1.35. The van der Waals surface area contributed by atoms with E-state index in [2.05, 4.69) is 25.0 Å². The van der Waals surface area contributed by atoms with Crippen molar-refractivity contribution >= 4 is 39.4 Å². The molecule has 0 unspecified atom stereocenters. The van der Waals surface area contributed by atoms with Crippen LogP contribution in [0, 0.1) is 0 Å². The first kappa shape index (κ1) is 21.1. The van der Waals surface area contributed by atoms with Crippen LogP contribution in [0.1, 0.15) is 25.7 Å². The Balaban J connectivity index is 1.49. The first-order valence-corrected chi connectivity index (χ1v) is 12.0. The number of anilines is 1. The molecule has 1 aliphatic rings. The SMILES string of the molecule is CS(O)(O)NC1CCC(Nc2ncc3cc(-c4ccccc4Cl)c(=O)[nH]c3n2)CC1. The van der Waals surface area contributed by atoms with Crippen LogP contribution in [-0.2, 0) is 0 Å². The second-order valence-corrected chi connectivity index (χ2v) is 9.94. The van der Waals surface area contributed by atoms with Crippen molar-refractivity contribution in [3.05, 3.63) is 51.9 Å². The van der Waals surface area contributed by atoms with Crippen molar-refractivity contribution in [2.45, 2.75) is 37.8 Å². The highest BCUT2D eigenvalue weighted by molar-refractivity contribution is 8.22. The Kier molecular flexibility index (Phi) is 5.99. The van der Waals surface area contributed by atoms with Gasteiger partial charge in [-0.05, 0) is 37.8 Å². The summed E-state index contributed by atoms with van der Waals surface area (Å²) in [4.78, 5) is 24.3. The van der Waals surface area contributed by atoms with Gasteiger partial charge in [-0.15, -0.1) is 10.8 Å². The summed E-state index contributed by atoms with van der Waals surface area (Å²) in [6.07, 6.45) is 6.45. The first-order chi connectivity index (χ1) is 14.3. The average Bonchev–Trinajstić information content (AvgIpc) is 2.68. The molecule has 30 heavy (non-hydrogen) atoms. The van der Waals surface area contributed by atoms with E-state index in [1.54, 1.807) is 24.4 Å². The van der Waals surface area contributed by atoms with Crippen LogP contribution in [0.5, 0.6) is 0 Å². The summed E-state index contributed by atoms with van der Waals surface area (Å²) in [5, 5.41) is 4.55. The van der Waals surface area contributed by atoms with Crippen LogP contribution in [0.4, 0.5) is 5.95 Å². The molecular formula is C20H24ClN5O3S. The van der Waals surface area contributed by atoms with Crippen molar-refractivity contribution in [2.75, 3.05) is 11.6 Å². The summed E-state index contributed by atoms with van der Waals surface area (Å²) in [6, 6.07) is 9.23. The zero-order chi connectivity index (χ0) is 21.3. The summed E-state index contributed by atoms with van der Waals surface area (Å²) >= 11 is 6.24. The Bertz CT molecular complexity index is 1110.